The van der Waals surface area contributed by atoms with Gasteiger partial charge in [0.25, 0.3) is 0 Å². The minimum absolute atomic E-state index is 0.119. The highest BCUT2D eigenvalue weighted by Crippen LogP contribution is 2.23. The molecule has 2 aromatic heterocycles. The van der Waals surface area contributed by atoms with Crippen molar-refractivity contribution in [3.05, 3.63) is 107 Å². The zero-order valence-electron chi connectivity index (χ0n) is 21.2. The fourth-order valence-electron chi connectivity index (χ4n) is 4.00. The van der Waals surface area contributed by atoms with E-state index in [1.54, 1.807) is 40.7 Å². The van der Waals surface area contributed by atoms with Crippen LogP contribution in [0.25, 0.3) is 5.65 Å². The number of allylic oxidation sites excluding steroid dienone is 3. The first-order valence-corrected chi connectivity index (χ1v) is 11.8. The topological polar surface area (TPSA) is 84.9 Å². The van der Waals surface area contributed by atoms with Crippen molar-refractivity contribution in [2.24, 2.45) is 4.99 Å². The normalized spacial score (nSPS) is 13.5. The van der Waals surface area contributed by atoms with Crippen molar-refractivity contribution >= 4 is 22.9 Å². The van der Waals surface area contributed by atoms with Gasteiger partial charge in [-0.25, -0.2) is 19.2 Å². The fourth-order valence-corrected chi connectivity index (χ4v) is 4.00. The zero-order chi connectivity index (χ0) is 25.8. The van der Waals surface area contributed by atoms with Crippen molar-refractivity contribution in [2.45, 2.75) is 39.7 Å². The summed E-state index contributed by atoms with van der Waals surface area (Å²) in [6, 6.07) is 7.87. The van der Waals surface area contributed by atoms with Crippen LogP contribution in [0.3, 0.4) is 0 Å². The maximum Gasteiger partial charge on any atom is 0.334 e. The first-order valence-electron chi connectivity index (χ1n) is 11.8. The van der Waals surface area contributed by atoms with Gasteiger partial charge < -0.3 is 15.4 Å². The molecule has 3 heterocycles. The molecule has 1 aliphatic heterocycles. The Bertz CT molecular complexity index is 1470. The molecule has 0 saturated heterocycles. The van der Waals surface area contributed by atoms with Crippen molar-refractivity contribution in [3.8, 4) is 0 Å². The van der Waals surface area contributed by atoms with Crippen LogP contribution in [0.1, 0.15) is 44.4 Å². The monoisotopic (exact) mass is 484 g/mol. The highest BCUT2D eigenvalue weighted by molar-refractivity contribution is 5.98. The predicted octanol–water partition coefficient (Wildman–Crippen LogP) is 5.43. The molecule has 0 saturated carbocycles. The van der Waals surface area contributed by atoms with Crippen molar-refractivity contribution in [2.75, 3.05) is 17.7 Å². The second kappa shape index (κ2) is 10.5. The molecule has 1 aliphatic rings. The van der Waals surface area contributed by atoms with Crippen LogP contribution in [0, 0.1) is 0 Å². The van der Waals surface area contributed by atoms with E-state index in [2.05, 4.69) is 33.8 Å². The van der Waals surface area contributed by atoms with Crippen LogP contribution in [0.5, 0.6) is 0 Å². The molecule has 0 fully saturated rings. The average Bonchev–Trinajstić information content (AvgIpc) is 3.24. The molecule has 4 rings (SSSR count). The molecule has 3 aromatic rings. The van der Waals surface area contributed by atoms with Crippen molar-refractivity contribution in [1.82, 2.24) is 14.0 Å². The number of aromatic nitrogens is 3. The molecule has 0 unspecified atom stereocenters. The summed E-state index contributed by atoms with van der Waals surface area (Å²) < 4.78 is 8.89. The van der Waals surface area contributed by atoms with Gasteiger partial charge in [-0.05, 0) is 43.0 Å². The Balaban J connectivity index is 1.79. The third-order valence-electron chi connectivity index (χ3n) is 5.90. The average molecular weight is 485 g/mol. The van der Waals surface area contributed by atoms with Gasteiger partial charge in [-0.15, -0.1) is 0 Å². The summed E-state index contributed by atoms with van der Waals surface area (Å²) in [5.41, 5.74) is 6.32. The number of hydrogen-bond acceptors (Lipinski definition) is 6. The number of ether oxygens (including phenoxy) is 1. The second-order valence-electron chi connectivity index (χ2n) is 9.07. The Labute approximate surface area is 211 Å². The number of benzene rings is 1. The number of imidazole rings is 1. The maximum atomic E-state index is 13.6. The van der Waals surface area contributed by atoms with Gasteiger partial charge in [0.1, 0.15) is 0 Å². The molecule has 0 bridgehead atoms. The van der Waals surface area contributed by atoms with Gasteiger partial charge >= 0.3 is 5.69 Å². The van der Waals surface area contributed by atoms with Crippen molar-refractivity contribution < 1.29 is 4.74 Å². The first kappa shape index (κ1) is 24.8. The molecular weight excluding hydrogens is 452 g/mol. The van der Waals surface area contributed by atoms with Gasteiger partial charge in [0.2, 0.25) is 5.90 Å². The summed E-state index contributed by atoms with van der Waals surface area (Å²) in [7, 11) is 1.59. The highest BCUT2D eigenvalue weighted by atomic mass is 16.5. The predicted molar refractivity (Wildman–Crippen MR) is 147 cm³/mol. The number of methoxy groups -OCH3 is 1. The van der Waals surface area contributed by atoms with Crippen LogP contribution in [-0.4, -0.2) is 27.0 Å². The van der Waals surface area contributed by atoms with E-state index in [4.69, 9.17) is 4.74 Å². The largest absolute Gasteiger partial charge is 0.480 e. The minimum atomic E-state index is -0.154. The Morgan fingerprint density at radius 3 is 2.86 bits per heavy atom. The van der Waals surface area contributed by atoms with Gasteiger partial charge in [0, 0.05) is 30.0 Å². The van der Waals surface area contributed by atoms with Crippen LogP contribution in [0.2, 0.25) is 0 Å². The summed E-state index contributed by atoms with van der Waals surface area (Å²) in [4.78, 5) is 22.7. The van der Waals surface area contributed by atoms with Crippen LogP contribution in [0.15, 0.2) is 94.9 Å². The number of hydrogen-bond donors (Lipinski definition) is 2. The lowest BCUT2D eigenvalue weighted by Gasteiger charge is -2.16. The summed E-state index contributed by atoms with van der Waals surface area (Å²) in [5.74, 6) is 0.591. The van der Waals surface area contributed by atoms with Crippen LogP contribution in [0.4, 0.5) is 11.4 Å². The number of nitrogens with one attached hydrogen (secondary N) is 2. The number of rotatable bonds is 8. The summed E-state index contributed by atoms with van der Waals surface area (Å²) in [6.07, 6.45) is 9.79. The number of anilines is 2. The summed E-state index contributed by atoms with van der Waals surface area (Å²) in [5, 5.41) is 6.63. The third-order valence-corrected chi connectivity index (χ3v) is 5.90. The number of aliphatic imine (C=N–C) groups is 1. The molecule has 0 radical (unpaired) electrons. The molecule has 186 valence electrons. The van der Waals surface area contributed by atoms with Crippen molar-refractivity contribution in [1.29, 1.82) is 0 Å². The van der Waals surface area contributed by atoms with Gasteiger partial charge in [0.15, 0.2) is 5.65 Å². The molecule has 1 aromatic carbocycles. The molecular formula is C28H32N6O2. The lowest BCUT2D eigenvalue weighted by molar-refractivity contribution is 0.404. The van der Waals surface area contributed by atoms with Gasteiger partial charge in [-0.1, -0.05) is 50.8 Å². The van der Waals surface area contributed by atoms with E-state index >= 15 is 0 Å². The van der Waals surface area contributed by atoms with Crippen LogP contribution in [-0.2, 0) is 11.3 Å². The lowest BCUT2D eigenvalue weighted by Crippen LogP contribution is -2.29. The Kier molecular flexibility index (Phi) is 7.24. The van der Waals surface area contributed by atoms with E-state index in [1.807, 2.05) is 51.1 Å². The standard InChI is InChI=1S/C28H32N6O2/c1-7-20(5)31-22-10-8-9-21(13-22)16-33-17-24(26-29-15-25(18(2)3)34(26)28(33)35)32-23-12-11-19(4)14-30-27(23)36-6/h7-10,12-15,17-18,31-32H,1,5,11,16H2,2-4,6H3. The Hall–Kier alpha value is -4.33. The molecule has 2 N–H and O–H groups in total. The maximum absolute atomic E-state index is 13.6. The minimum Gasteiger partial charge on any atom is -0.480 e. The number of nitrogens with zero attached hydrogens (tertiary/aromatic N) is 4. The quantitative estimate of drug-likeness (QED) is 0.417. The van der Waals surface area contributed by atoms with E-state index in [0.717, 1.165) is 34.6 Å². The first-order chi connectivity index (χ1) is 17.3. The second-order valence-corrected chi connectivity index (χ2v) is 9.07. The van der Waals surface area contributed by atoms with Gasteiger partial charge in [-0.3, -0.25) is 4.57 Å². The lowest BCUT2D eigenvalue weighted by atomic mass is 10.1. The zero-order valence-corrected chi connectivity index (χ0v) is 21.2. The molecule has 0 spiro atoms. The Morgan fingerprint density at radius 2 is 2.14 bits per heavy atom. The van der Waals surface area contributed by atoms with Gasteiger partial charge in [-0.2, -0.15) is 0 Å². The summed E-state index contributed by atoms with van der Waals surface area (Å²) >= 11 is 0. The summed E-state index contributed by atoms with van der Waals surface area (Å²) in [6.45, 7) is 14.1. The fraction of sp³-hybridized carbons (Fsp3) is 0.250. The van der Waals surface area contributed by atoms with E-state index in [0.29, 0.717) is 29.5 Å². The molecule has 0 aliphatic carbocycles. The van der Waals surface area contributed by atoms with Crippen molar-refractivity contribution in [3.63, 3.8) is 0 Å². The molecule has 8 nitrogen and oxygen atoms in total. The molecule has 36 heavy (non-hydrogen) atoms. The molecule has 8 heteroatoms. The molecule has 0 amide bonds. The van der Waals surface area contributed by atoms with E-state index in [9.17, 15) is 4.79 Å². The number of fused-ring (bicyclic) bond motifs is 1. The molecule has 0 atom stereocenters. The van der Waals surface area contributed by atoms with E-state index in [-0.39, 0.29) is 11.6 Å². The van der Waals surface area contributed by atoms with Crippen LogP contribution < -0.4 is 16.3 Å². The highest BCUT2D eigenvalue weighted by Gasteiger charge is 2.19. The Morgan fingerprint density at radius 1 is 1.33 bits per heavy atom. The van der Waals surface area contributed by atoms with E-state index < -0.39 is 0 Å². The van der Waals surface area contributed by atoms with Crippen LogP contribution >= 0.6 is 0 Å². The van der Waals surface area contributed by atoms with Gasteiger partial charge in [0.05, 0.1) is 30.7 Å². The SMILES string of the molecule is C=CC(=C)Nc1cccc(Cn2cc(NC3=CCC(C)=CN=C3OC)c3ncc(C(C)C)n3c2=O)c1. The third kappa shape index (κ3) is 5.17. The smallest absolute Gasteiger partial charge is 0.334 e. The van der Waals surface area contributed by atoms with E-state index in [1.165, 1.54) is 0 Å².